The van der Waals surface area contributed by atoms with E-state index >= 15 is 0 Å². The molecule has 0 spiro atoms. The van der Waals surface area contributed by atoms with Gasteiger partial charge in [-0.3, -0.25) is 4.79 Å². The van der Waals surface area contributed by atoms with E-state index in [1.165, 1.54) is 29.5 Å². The van der Waals surface area contributed by atoms with E-state index in [2.05, 4.69) is 10.3 Å². The van der Waals surface area contributed by atoms with E-state index in [9.17, 15) is 9.18 Å². The number of hydrogen-bond donors (Lipinski definition) is 2. The summed E-state index contributed by atoms with van der Waals surface area (Å²) in [7, 11) is 0. The Kier molecular flexibility index (Phi) is 4.67. The molecule has 1 aromatic heterocycles. The molecule has 3 aromatic rings. The minimum absolute atomic E-state index is 0.269. The van der Waals surface area contributed by atoms with Gasteiger partial charge >= 0.3 is 0 Å². The second-order valence-corrected chi connectivity index (χ2v) is 5.92. The summed E-state index contributed by atoms with van der Waals surface area (Å²) in [4.78, 5) is 16.2. The molecule has 24 heavy (non-hydrogen) atoms. The molecule has 3 N–H and O–H groups in total. The molecule has 0 atom stereocenters. The number of rotatable bonds is 4. The summed E-state index contributed by atoms with van der Waals surface area (Å²) < 4.78 is 12.8. The predicted octanol–water partition coefficient (Wildman–Crippen LogP) is 4.18. The van der Waals surface area contributed by atoms with E-state index in [4.69, 9.17) is 5.73 Å². The summed E-state index contributed by atoms with van der Waals surface area (Å²) in [5.41, 5.74) is 8.70. The van der Waals surface area contributed by atoms with Crippen LogP contribution in [0.25, 0.3) is 17.3 Å². The van der Waals surface area contributed by atoms with Crippen molar-refractivity contribution in [1.29, 1.82) is 0 Å². The number of thiazole rings is 1. The van der Waals surface area contributed by atoms with Crippen LogP contribution in [0.5, 0.6) is 0 Å². The molecule has 0 radical (unpaired) electrons. The number of amides is 1. The highest BCUT2D eigenvalue weighted by atomic mass is 32.1. The number of nitrogens with zero attached hydrogens (tertiary/aromatic N) is 1. The van der Waals surface area contributed by atoms with Crippen LogP contribution >= 0.6 is 11.3 Å². The topological polar surface area (TPSA) is 68.0 Å². The second-order valence-electron chi connectivity index (χ2n) is 5.03. The van der Waals surface area contributed by atoms with Gasteiger partial charge in [0.2, 0.25) is 5.91 Å². The van der Waals surface area contributed by atoms with Crippen molar-refractivity contribution < 1.29 is 9.18 Å². The smallest absolute Gasteiger partial charge is 0.248 e. The van der Waals surface area contributed by atoms with E-state index in [0.717, 1.165) is 16.8 Å². The fraction of sp³-hybridized carbons (Fsp3) is 0. The van der Waals surface area contributed by atoms with Crippen LogP contribution in [-0.4, -0.2) is 10.9 Å². The lowest BCUT2D eigenvalue weighted by molar-refractivity contribution is -0.111. The third-order valence-corrected chi connectivity index (χ3v) is 3.92. The third-order valence-electron chi connectivity index (χ3n) is 3.24. The maximum absolute atomic E-state index is 12.8. The number of hydrogen-bond acceptors (Lipinski definition) is 4. The number of nitrogens with one attached hydrogen (secondary N) is 1. The molecule has 0 bridgehead atoms. The highest BCUT2D eigenvalue weighted by Gasteiger charge is 2.04. The van der Waals surface area contributed by atoms with Crippen molar-refractivity contribution >= 4 is 34.1 Å². The van der Waals surface area contributed by atoms with Crippen LogP contribution in [0.1, 0.15) is 5.56 Å². The standard InChI is InChI=1S/C18H14FN3OS/c19-14-7-4-12(5-8-14)6-9-17(23)21-15-3-1-2-13(10-15)16-11-24-18(20)22-16/h1-11H,(H2,20,22)(H,21,23)/b9-6+. The molecule has 3 rings (SSSR count). The van der Waals surface area contributed by atoms with E-state index in [1.54, 1.807) is 24.3 Å². The lowest BCUT2D eigenvalue weighted by atomic mass is 10.1. The van der Waals surface area contributed by atoms with Crippen molar-refractivity contribution in [3.8, 4) is 11.3 Å². The van der Waals surface area contributed by atoms with Crippen LogP contribution in [0.15, 0.2) is 60.0 Å². The van der Waals surface area contributed by atoms with Crippen molar-refractivity contribution in [2.45, 2.75) is 0 Å². The first-order chi connectivity index (χ1) is 11.6. The molecule has 1 heterocycles. The van der Waals surface area contributed by atoms with Gasteiger partial charge in [0.05, 0.1) is 5.69 Å². The summed E-state index contributed by atoms with van der Waals surface area (Å²) in [6.45, 7) is 0. The maximum Gasteiger partial charge on any atom is 0.248 e. The molecule has 2 aromatic carbocycles. The van der Waals surface area contributed by atoms with E-state index in [0.29, 0.717) is 10.8 Å². The number of nitrogen functional groups attached to an aromatic ring is 1. The molecule has 4 nitrogen and oxygen atoms in total. The first-order valence-electron chi connectivity index (χ1n) is 7.16. The van der Waals surface area contributed by atoms with E-state index in [1.807, 2.05) is 23.6 Å². The molecular weight excluding hydrogens is 325 g/mol. The van der Waals surface area contributed by atoms with E-state index < -0.39 is 0 Å². The Balaban J connectivity index is 1.69. The van der Waals surface area contributed by atoms with Crippen LogP contribution in [-0.2, 0) is 4.79 Å². The normalized spacial score (nSPS) is 10.9. The number of nitrogens with two attached hydrogens (primary N) is 1. The highest BCUT2D eigenvalue weighted by molar-refractivity contribution is 7.13. The summed E-state index contributed by atoms with van der Waals surface area (Å²) in [6.07, 6.45) is 3.03. The molecule has 0 fully saturated rings. The van der Waals surface area contributed by atoms with Gasteiger partial charge in [-0.1, -0.05) is 24.3 Å². The predicted molar refractivity (Wildman–Crippen MR) is 96.0 cm³/mol. The second kappa shape index (κ2) is 7.06. The average molecular weight is 339 g/mol. The lowest BCUT2D eigenvalue weighted by Gasteiger charge is -2.04. The van der Waals surface area contributed by atoms with Crippen molar-refractivity contribution in [3.63, 3.8) is 0 Å². The van der Waals surface area contributed by atoms with Gasteiger partial charge in [-0.25, -0.2) is 9.37 Å². The molecule has 0 saturated carbocycles. The Morgan fingerprint density at radius 1 is 1.21 bits per heavy atom. The summed E-state index contributed by atoms with van der Waals surface area (Å²) >= 11 is 1.37. The highest BCUT2D eigenvalue weighted by Crippen LogP contribution is 2.25. The zero-order valence-corrected chi connectivity index (χ0v) is 13.4. The quantitative estimate of drug-likeness (QED) is 0.701. The Hall–Kier alpha value is -2.99. The third kappa shape index (κ3) is 4.05. The summed E-state index contributed by atoms with van der Waals surface area (Å²) in [5.74, 6) is -0.578. The molecule has 0 aliphatic rings. The molecule has 1 amide bonds. The van der Waals surface area contributed by atoms with Crippen LogP contribution in [0.4, 0.5) is 15.2 Å². The fourth-order valence-electron chi connectivity index (χ4n) is 2.11. The van der Waals surface area contributed by atoms with E-state index in [-0.39, 0.29) is 11.7 Å². The molecular formula is C18H14FN3OS. The minimum atomic E-state index is -0.309. The molecule has 0 aliphatic carbocycles. The number of anilines is 2. The summed E-state index contributed by atoms with van der Waals surface area (Å²) in [6, 6.07) is 13.3. The van der Waals surface area contributed by atoms with Crippen LogP contribution in [0.2, 0.25) is 0 Å². The van der Waals surface area contributed by atoms with Crippen molar-refractivity contribution in [2.75, 3.05) is 11.1 Å². The van der Waals surface area contributed by atoms with Gasteiger partial charge in [0.1, 0.15) is 5.82 Å². The maximum atomic E-state index is 12.8. The van der Waals surface area contributed by atoms with Gasteiger partial charge in [-0.05, 0) is 35.9 Å². The lowest BCUT2D eigenvalue weighted by Crippen LogP contribution is -2.07. The molecule has 0 aliphatic heterocycles. The van der Waals surface area contributed by atoms with Crippen LogP contribution in [0, 0.1) is 5.82 Å². The van der Waals surface area contributed by atoms with Gasteiger partial charge in [-0.2, -0.15) is 0 Å². The average Bonchev–Trinajstić information content (AvgIpc) is 3.01. The number of aromatic nitrogens is 1. The van der Waals surface area contributed by atoms with Gasteiger partial charge in [-0.15, -0.1) is 11.3 Å². The monoisotopic (exact) mass is 339 g/mol. The molecule has 6 heteroatoms. The van der Waals surface area contributed by atoms with Gasteiger partial charge in [0.15, 0.2) is 5.13 Å². The Morgan fingerprint density at radius 3 is 2.71 bits per heavy atom. The zero-order valence-electron chi connectivity index (χ0n) is 12.6. The fourth-order valence-corrected chi connectivity index (χ4v) is 2.68. The minimum Gasteiger partial charge on any atom is -0.375 e. The molecule has 0 unspecified atom stereocenters. The van der Waals surface area contributed by atoms with Crippen LogP contribution in [0.3, 0.4) is 0 Å². The Morgan fingerprint density at radius 2 is 2.00 bits per heavy atom. The summed E-state index contributed by atoms with van der Waals surface area (Å²) in [5, 5.41) is 5.15. The Labute approximate surface area is 142 Å². The van der Waals surface area contributed by atoms with Crippen molar-refractivity contribution in [3.05, 3.63) is 71.4 Å². The van der Waals surface area contributed by atoms with Gasteiger partial charge < -0.3 is 11.1 Å². The molecule has 0 saturated heterocycles. The molecule has 120 valence electrons. The number of carbonyl (C=O) groups excluding carboxylic acids is 1. The van der Waals surface area contributed by atoms with Crippen molar-refractivity contribution in [1.82, 2.24) is 4.98 Å². The van der Waals surface area contributed by atoms with Gasteiger partial charge in [0, 0.05) is 22.7 Å². The largest absolute Gasteiger partial charge is 0.375 e. The van der Waals surface area contributed by atoms with Gasteiger partial charge in [0.25, 0.3) is 0 Å². The first kappa shape index (κ1) is 15.9. The zero-order chi connectivity index (χ0) is 16.9. The van der Waals surface area contributed by atoms with Crippen molar-refractivity contribution in [2.24, 2.45) is 0 Å². The Bertz CT molecular complexity index is 887. The SMILES string of the molecule is Nc1nc(-c2cccc(NC(=O)/C=C/c3ccc(F)cc3)c2)cs1. The first-order valence-corrected chi connectivity index (χ1v) is 8.04. The van der Waals surface area contributed by atoms with Crippen LogP contribution < -0.4 is 11.1 Å². The number of carbonyl (C=O) groups is 1. The number of halogens is 1. The number of benzene rings is 2.